The molecule has 7 heteroatoms. The molecular formula is C19H24N2O5. The molecule has 1 heterocycles. The average molecular weight is 360 g/mol. The molecule has 7 nitrogen and oxygen atoms in total. The highest BCUT2D eigenvalue weighted by Gasteiger charge is 2.35. The number of benzene rings is 1. The monoisotopic (exact) mass is 360 g/mol. The third kappa shape index (κ3) is 4.28. The Kier molecular flexibility index (Phi) is 6.49. The zero-order valence-electron chi connectivity index (χ0n) is 15.3. The second kappa shape index (κ2) is 8.60. The van der Waals surface area contributed by atoms with Gasteiger partial charge in [0.05, 0.1) is 16.7 Å². The number of rotatable bonds is 8. The van der Waals surface area contributed by atoms with Gasteiger partial charge in [-0.2, -0.15) is 0 Å². The van der Waals surface area contributed by atoms with E-state index in [1.54, 1.807) is 0 Å². The summed E-state index contributed by atoms with van der Waals surface area (Å²) in [5, 5.41) is 2.69. The lowest BCUT2D eigenvalue weighted by Gasteiger charge is -2.12. The van der Waals surface area contributed by atoms with Crippen molar-refractivity contribution in [3.05, 3.63) is 34.9 Å². The van der Waals surface area contributed by atoms with Crippen molar-refractivity contribution in [2.24, 2.45) is 0 Å². The Hall–Kier alpha value is -2.70. The molecule has 0 aliphatic carbocycles. The van der Waals surface area contributed by atoms with Crippen molar-refractivity contribution in [1.29, 1.82) is 0 Å². The van der Waals surface area contributed by atoms with Crippen LogP contribution in [0, 0.1) is 0 Å². The highest BCUT2D eigenvalue weighted by Crippen LogP contribution is 2.24. The summed E-state index contributed by atoms with van der Waals surface area (Å²) >= 11 is 0. The summed E-state index contributed by atoms with van der Waals surface area (Å²) in [5.41, 5.74) is 0.625. The van der Waals surface area contributed by atoms with Crippen molar-refractivity contribution in [3.8, 4) is 0 Å². The number of ether oxygens (including phenoxy) is 1. The molecule has 1 atom stereocenters. The highest BCUT2D eigenvalue weighted by molar-refractivity contribution is 6.21. The van der Waals surface area contributed by atoms with E-state index in [0.717, 1.165) is 19.3 Å². The van der Waals surface area contributed by atoms with Gasteiger partial charge >= 0.3 is 5.97 Å². The fourth-order valence-corrected chi connectivity index (χ4v) is 2.57. The first-order valence-corrected chi connectivity index (χ1v) is 8.85. The van der Waals surface area contributed by atoms with Crippen LogP contribution in [0.4, 0.5) is 0 Å². The molecule has 0 unspecified atom stereocenters. The van der Waals surface area contributed by atoms with E-state index in [0.29, 0.717) is 6.54 Å². The number of carbonyl (C=O) groups is 4. The summed E-state index contributed by atoms with van der Waals surface area (Å²) in [5.74, 6) is -1.83. The van der Waals surface area contributed by atoms with Crippen LogP contribution in [0.3, 0.4) is 0 Å². The fraction of sp³-hybridized carbons (Fsp3) is 0.474. The number of hydrogen-bond acceptors (Lipinski definition) is 5. The molecule has 0 fully saturated rings. The molecule has 140 valence electrons. The van der Waals surface area contributed by atoms with E-state index in [1.807, 2.05) is 20.8 Å². The van der Waals surface area contributed by atoms with Crippen LogP contribution in [0.25, 0.3) is 0 Å². The number of hydrogen-bond donors (Lipinski definition) is 1. The molecule has 0 spiro atoms. The Morgan fingerprint density at radius 2 is 1.85 bits per heavy atom. The van der Waals surface area contributed by atoms with Crippen LogP contribution in [0.15, 0.2) is 18.2 Å². The van der Waals surface area contributed by atoms with Gasteiger partial charge < -0.3 is 10.1 Å². The van der Waals surface area contributed by atoms with Gasteiger partial charge in [-0.05, 0) is 38.0 Å². The van der Waals surface area contributed by atoms with Crippen molar-refractivity contribution in [2.75, 3.05) is 13.2 Å². The topological polar surface area (TPSA) is 92.8 Å². The summed E-state index contributed by atoms with van der Waals surface area (Å²) < 4.78 is 4.99. The molecular weight excluding hydrogens is 336 g/mol. The predicted octanol–water partition coefficient (Wildman–Crippen LogP) is 2.15. The maximum atomic E-state index is 12.4. The number of imide groups is 1. The Morgan fingerprint density at radius 3 is 2.50 bits per heavy atom. The lowest BCUT2D eigenvalue weighted by Crippen LogP contribution is -2.35. The van der Waals surface area contributed by atoms with Crippen molar-refractivity contribution >= 4 is 23.7 Å². The second-order valence-corrected chi connectivity index (χ2v) is 6.33. The molecule has 1 aromatic rings. The maximum absolute atomic E-state index is 12.4. The summed E-state index contributed by atoms with van der Waals surface area (Å²) in [6, 6.07) is 4.25. The van der Waals surface area contributed by atoms with E-state index >= 15 is 0 Å². The summed E-state index contributed by atoms with van der Waals surface area (Å²) in [7, 11) is 0. The second-order valence-electron chi connectivity index (χ2n) is 6.33. The van der Waals surface area contributed by atoms with E-state index in [2.05, 4.69) is 5.32 Å². The molecule has 0 saturated carbocycles. The molecule has 1 N–H and O–H groups in total. The Morgan fingerprint density at radius 1 is 1.15 bits per heavy atom. The van der Waals surface area contributed by atoms with E-state index < -0.39 is 18.5 Å². The van der Waals surface area contributed by atoms with Crippen LogP contribution in [0.1, 0.15) is 71.1 Å². The molecule has 26 heavy (non-hydrogen) atoms. The quantitative estimate of drug-likeness (QED) is 0.566. The number of amides is 3. The van der Waals surface area contributed by atoms with E-state index in [1.165, 1.54) is 23.1 Å². The maximum Gasteiger partial charge on any atom is 0.338 e. The zero-order valence-corrected chi connectivity index (χ0v) is 15.3. The van der Waals surface area contributed by atoms with Gasteiger partial charge in [-0.1, -0.05) is 20.3 Å². The molecule has 0 saturated heterocycles. The number of fused-ring (bicyclic) bond motifs is 1. The van der Waals surface area contributed by atoms with Crippen molar-refractivity contribution in [1.82, 2.24) is 10.2 Å². The van der Waals surface area contributed by atoms with Crippen molar-refractivity contribution in [2.45, 2.75) is 46.1 Å². The number of carbonyl (C=O) groups excluding carboxylic acids is 4. The number of nitrogens with one attached hydrogen (secondary N) is 1. The minimum absolute atomic E-state index is 0.000987. The van der Waals surface area contributed by atoms with Crippen LogP contribution in [0.5, 0.6) is 0 Å². The van der Waals surface area contributed by atoms with Gasteiger partial charge in [0.25, 0.3) is 17.7 Å². The Labute approximate surface area is 152 Å². The Balaban J connectivity index is 2.04. The molecule has 0 radical (unpaired) electrons. The Bertz CT molecular complexity index is 729. The third-order valence-corrected chi connectivity index (χ3v) is 4.30. The lowest BCUT2D eigenvalue weighted by atomic mass is 10.1. The van der Waals surface area contributed by atoms with Gasteiger partial charge in [0, 0.05) is 12.6 Å². The van der Waals surface area contributed by atoms with Crippen LogP contribution in [0.2, 0.25) is 0 Å². The summed E-state index contributed by atoms with van der Waals surface area (Å²) in [4.78, 5) is 49.7. The standard InChI is InChI=1S/C19H24N2O5/c1-4-6-9-21-17(23)14-8-7-13(10-15(14)18(21)24)19(25)26-11-16(22)20-12(3)5-2/h7-8,10,12H,4-6,9,11H2,1-3H3,(H,20,22)/t12-/m0/s1. The summed E-state index contributed by atoms with van der Waals surface area (Å²) in [6.45, 7) is 5.73. The smallest absolute Gasteiger partial charge is 0.338 e. The third-order valence-electron chi connectivity index (χ3n) is 4.30. The number of unbranched alkanes of at least 4 members (excludes halogenated alkanes) is 1. The van der Waals surface area contributed by atoms with Gasteiger partial charge in [-0.3, -0.25) is 19.3 Å². The fourth-order valence-electron chi connectivity index (χ4n) is 2.57. The van der Waals surface area contributed by atoms with Gasteiger partial charge in [0.1, 0.15) is 0 Å². The normalized spacial score (nSPS) is 14.2. The van der Waals surface area contributed by atoms with Crippen molar-refractivity contribution in [3.63, 3.8) is 0 Å². The van der Waals surface area contributed by atoms with Gasteiger partial charge in [-0.15, -0.1) is 0 Å². The molecule has 0 bridgehead atoms. The molecule has 1 aliphatic rings. The molecule has 1 aliphatic heterocycles. The largest absolute Gasteiger partial charge is 0.452 e. The molecule has 3 amide bonds. The minimum atomic E-state index is -0.709. The van der Waals surface area contributed by atoms with E-state index in [9.17, 15) is 19.2 Å². The van der Waals surface area contributed by atoms with Gasteiger partial charge in [0.15, 0.2) is 6.61 Å². The summed E-state index contributed by atoms with van der Waals surface area (Å²) in [6.07, 6.45) is 2.37. The van der Waals surface area contributed by atoms with E-state index in [4.69, 9.17) is 4.74 Å². The van der Waals surface area contributed by atoms with E-state index in [-0.39, 0.29) is 34.5 Å². The molecule has 2 rings (SSSR count). The van der Waals surface area contributed by atoms with Crippen LogP contribution >= 0.6 is 0 Å². The predicted molar refractivity (Wildman–Crippen MR) is 94.9 cm³/mol. The van der Waals surface area contributed by atoms with Crippen LogP contribution < -0.4 is 5.32 Å². The first-order valence-electron chi connectivity index (χ1n) is 8.85. The first kappa shape index (κ1) is 19.6. The van der Waals surface area contributed by atoms with Crippen LogP contribution in [-0.4, -0.2) is 47.8 Å². The number of nitrogens with zero attached hydrogens (tertiary/aromatic N) is 1. The minimum Gasteiger partial charge on any atom is -0.452 e. The zero-order chi connectivity index (χ0) is 19.3. The number of esters is 1. The van der Waals surface area contributed by atoms with Crippen LogP contribution in [-0.2, 0) is 9.53 Å². The van der Waals surface area contributed by atoms with Gasteiger partial charge in [0.2, 0.25) is 0 Å². The van der Waals surface area contributed by atoms with Gasteiger partial charge in [-0.25, -0.2) is 4.79 Å². The van der Waals surface area contributed by atoms with Crippen molar-refractivity contribution < 1.29 is 23.9 Å². The first-order chi connectivity index (χ1) is 12.4. The average Bonchev–Trinajstić information content (AvgIpc) is 2.88. The highest BCUT2D eigenvalue weighted by atomic mass is 16.5. The molecule has 0 aromatic heterocycles. The lowest BCUT2D eigenvalue weighted by molar-refractivity contribution is -0.124. The molecule has 1 aromatic carbocycles. The SMILES string of the molecule is CCCCN1C(=O)c2ccc(C(=O)OCC(=O)N[C@@H](C)CC)cc2C1=O.